The van der Waals surface area contributed by atoms with Crippen molar-refractivity contribution in [2.45, 2.75) is 50.7 Å². The van der Waals surface area contributed by atoms with Crippen LogP contribution in [0, 0.1) is 0 Å². The summed E-state index contributed by atoms with van der Waals surface area (Å²) in [6.45, 7) is 2.59. The molecular weight excluding hydrogens is 322 g/mol. The quantitative estimate of drug-likeness (QED) is 0.789. The number of methoxy groups -OCH3 is 1. The van der Waals surface area contributed by atoms with Crippen molar-refractivity contribution in [3.05, 3.63) is 17.0 Å². The van der Waals surface area contributed by atoms with Crippen molar-refractivity contribution in [3.8, 4) is 0 Å². The van der Waals surface area contributed by atoms with Gasteiger partial charge in [0, 0.05) is 45.3 Å². The molecule has 7 nitrogen and oxygen atoms in total. The number of carbonyl (C=O) groups excluding carboxylic acids is 1. The Kier molecular flexibility index (Phi) is 5.76. The lowest BCUT2D eigenvalue weighted by Gasteiger charge is -2.40. The number of fused-ring (bicyclic) bond motifs is 1. The number of amides is 1. The summed E-state index contributed by atoms with van der Waals surface area (Å²) < 4.78 is 10.5. The molecule has 0 saturated carbocycles. The van der Waals surface area contributed by atoms with Gasteiger partial charge in [-0.05, 0) is 39.2 Å². The first-order valence-electron chi connectivity index (χ1n) is 9.19. The molecule has 1 atom stereocenters. The van der Waals surface area contributed by atoms with Crippen LogP contribution in [0.4, 0.5) is 0 Å². The maximum absolute atomic E-state index is 12.7. The largest absolute Gasteiger partial charge is 0.383 e. The number of hydrogen-bond acceptors (Lipinski definition) is 6. The first kappa shape index (κ1) is 18.4. The zero-order valence-corrected chi connectivity index (χ0v) is 15.3. The highest BCUT2D eigenvalue weighted by Crippen LogP contribution is 2.27. The summed E-state index contributed by atoms with van der Waals surface area (Å²) in [4.78, 5) is 16.4. The Hall–Kier alpha value is -1.44. The molecule has 2 heterocycles. The number of aliphatic hydroxyl groups is 1. The van der Waals surface area contributed by atoms with Gasteiger partial charge in [0.2, 0.25) is 0 Å². The number of aromatic nitrogens is 1. The van der Waals surface area contributed by atoms with E-state index in [1.165, 1.54) is 12.0 Å². The molecule has 7 heteroatoms. The molecule has 1 aromatic heterocycles. The average Bonchev–Trinajstić information content (AvgIpc) is 2.99. The summed E-state index contributed by atoms with van der Waals surface area (Å²) in [6, 6.07) is 0. The Morgan fingerprint density at radius 1 is 1.36 bits per heavy atom. The standard InChI is InChI=1S/C18H29N3O4/c1-20(12-15-14-6-3-4-7-16(14)25-19-15)13-18(23)8-5-9-21(17(18)22)10-11-24-2/h23H,3-13H2,1-2H3. The Balaban J connectivity index is 1.62. The maximum Gasteiger partial charge on any atom is 0.255 e. The zero-order chi connectivity index (χ0) is 17.9. The van der Waals surface area contributed by atoms with Gasteiger partial charge in [0.1, 0.15) is 11.5 Å². The molecule has 140 valence electrons. The van der Waals surface area contributed by atoms with E-state index in [2.05, 4.69) is 5.16 Å². The van der Waals surface area contributed by atoms with Crippen molar-refractivity contribution >= 4 is 5.91 Å². The van der Waals surface area contributed by atoms with Gasteiger partial charge in [0.15, 0.2) is 5.60 Å². The van der Waals surface area contributed by atoms with E-state index in [9.17, 15) is 9.90 Å². The topological polar surface area (TPSA) is 79.0 Å². The highest BCUT2D eigenvalue weighted by atomic mass is 16.5. The molecule has 25 heavy (non-hydrogen) atoms. The van der Waals surface area contributed by atoms with Crippen LogP contribution in [0.5, 0.6) is 0 Å². The highest BCUT2D eigenvalue weighted by molar-refractivity contribution is 5.86. The molecule has 3 rings (SSSR count). The van der Waals surface area contributed by atoms with Crippen LogP contribution < -0.4 is 0 Å². The second-order valence-corrected chi connectivity index (χ2v) is 7.33. The lowest BCUT2D eigenvalue weighted by atomic mass is 9.91. The van der Waals surface area contributed by atoms with Gasteiger partial charge in [-0.3, -0.25) is 9.69 Å². The van der Waals surface area contributed by atoms with Crippen LogP contribution in [0.2, 0.25) is 0 Å². The molecule has 1 aliphatic carbocycles. The van der Waals surface area contributed by atoms with E-state index in [1.54, 1.807) is 12.0 Å². The molecule has 1 N–H and O–H groups in total. The van der Waals surface area contributed by atoms with Gasteiger partial charge < -0.3 is 19.3 Å². The van der Waals surface area contributed by atoms with E-state index in [1.807, 2.05) is 11.9 Å². The number of piperidine rings is 1. The third kappa shape index (κ3) is 4.04. The lowest BCUT2D eigenvalue weighted by Crippen LogP contribution is -2.58. The van der Waals surface area contributed by atoms with Gasteiger partial charge in [0.05, 0.1) is 6.61 Å². The fraction of sp³-hybridized carbons (Fsp3) is 0.778. The van der Waals surface area contributed by atoms with Gasteiger partial charge in [0.25, 0.3) is 5.91 Å². The molecule has 1 aromatic rings. The van der Waals surface area contributed by atoms with E-state index >= 15 is 0 Å². The molecular formula is C18H29N3O4. The first-order chi connectivity index (χ1) is 12.0. The zero-order valence-electron chi connectivity index (χ0n) is 15.3. The predicted octanol–water partition coefficient (Wildman–Crippen LogP) is 0.985. The number of ether oxygens (including phenoxy) is 1. The Morgan fingerprint density at radius 3 is 2.96 bits per heavy atom. The minimum atomic E-state index is -1.33. The molecule has 1 fully saturated rings. The molecule has 1 aliphatic heterocycles. The molecule has 0 spiro atoms. The number of rotatable bonds is 7. The van der Waals surface area contributed by atoms with Gasteiger partial charge in [-0.1, -0.05) is 5.16 Å². The van der Waals surface area contributed by atoms with Crippen LogP contribution in [0.1, 0.15) is 42.7 Å². The monoisotopic (exact) mass is 351 g/mol. The van der Waals surface area contributed by atoms with Gasteiger partial charge in [-0.25, -0.2) is 0 Å². The van der Waals surface area contributed by atoms with Crippen LogP contribution in [-0.2, 0) is 28.9 Å². The Bertz CT molecular complexity index is 603. The van der Waals surface area contributed by atoms with E-state index in [4.69, 9.17) is 9.26 Å². The summed E-state index contributed by atoms with van der Waals surface area (Å²) in [7, 11) is 3.54. The van der Waals surface area contributed by atoms with Crippen LogP contribution in [0.15, 0.2) is 4.52 Å². The molecule has 1 unspecified atom stereocenters. The smallest absolute Gasteiger partial charge is 0.255 e. The number of likely N-dealkylation sites (N-methyl/N-ethyl adjacent to an activating group) is 1. The second kappa shape index (κ2) is 7.85. The van der Waals surface area contributed by atoms with E-state index in [0.717, 1.165) is 37.1 Å². The summed E-state index contributed by atoms with van der Waals surface area (Å²) in [5.74, 6) is 0.817. The predicted molar refractivity (Wildman–Crippen MR) is 92.1 cm³/mol. The number of likely N-dealkylation sites (tertiary alicyclic amines) is 1. The Morgan fingerprint density at radius 2 is 2.16 bits per heavy atom. The average molecular weight is 351 g/mol. The SMILES string of the molecule is COCCN1CCCC(O)(CN(C)Cc2noc3c2CCCC3)C1=O. The van der Waals surface area contributed by atoms with E-state index in [0.29, 0.717) is 39.2 Å². The molecule has 2 aliphatic rings. The second-order valence-electron chi connectivity index (χ2n) is 7.33. The van der Waals surface area contributed by atoms with E-state index < -0.39 is 5.60 Å². The molecule has 0 radical (unpaired) electrons. The molecule has 1 saturated heterocycles. The minimum Gasteiger partial charge on any atom is -0.383 e. The minimum absolute atomic E-state index is 0.190. The lowest BCUT2D eigenvalue weighted by molar-refractivity contribution is -0.160. The fourth-order valence-corrected chi connectivity index (χ4v) is 3.96. The number of carbonyl (C=O) groups is 1. The van der Waals surface area contributed by atoms with Crippen LogP contribution in [-0.4, -0.2) is 72.0 Å². The van der Waals surface area contributed by atoms with Crippen molar-refractivity contribution in [3.63, 3.8) is 0 Å². The molecule has 0 bridgehead atoms. The van der Waals surface area contributed by atoms with Crippen molar-refractivity contribution in [2.75, 3.05) is 40.4 Å². The Labute approximate surface area is 148 Å². The summed E-state index contributed by atoms with van der Waals surface area (Å²) >= 11 is 0. The maximum atomic E-state index is 12.7. The van der Waals surface area contributed by atoms with Crippen molar-refractivity contribution in [2.24, 2.45) is 0 Å². The van der Waals surface area contributed by atoms with Crippen LogP contribution in [0.3, 0.4) is 0 Å². The van der Waals surface area contributed by atoms with Crippen molar-refractivity contribution in [1.82, 2.24) is 15.0 Å². The fourth-order valence-electron chi connectivity index (χ4n) is 3.96. The van der Waals surface area contributed by atoms with Crippen molar-refractivity contribution in [1.29, 1.82) is 0 Å². The summed E-state index contributed by atoms with van der Waals surface area (Å²) in [5.41, 5.74) is 0.840. The molecule has 0 aromatic carbocycles. The first-order valence-corrected chi connectivity index (χ1v) is 9.19. The van der Waals surface area contributed by atoms with Gasteiger partial charge in [-0.15, -0.1) is 0 Å². The normalized spacial score (nSPS) is 24.0. The van der Waals surface area contributed by atoms with Gasteiger partial charge in [-0.2, -0.15) is 0 Å². The van der Waals surface area contributed by atoms with Crippen LogP contribution >= 0.6 is 0 Å². The summed E-state index contributed by atoms with van der Waals surface area (Å²) in [5, 5.41) is 15.1. The third-order valence-electron chi connectivity index (χ3n) is 5.25. The molecule has 1 amide bonds. The third-order valence-corrected chi connectivity index (χ3v) is 5.25. The number of hydrogen-bond donors (Lipinski definition) is 1. The van der Waals surface area contributed by atoms with Crippen molar-refractivity contribution < 1.29 is 19.2 Å². The van der Waals surface area contributed by atoms with E-state index in [-0.39, 0.29) is 5.91 Å². The highest BCUT2D eigenvalue weighted by Gasteiger charge is 2.42. The van der Waals surface area contributed by atoms with Crippen LogP contribution in [0.25, 0.3) is 0 Å². The number of aryl methyl sites for hydroxylation is 1. The van der Waals surface area contributed by atoms with Gasteiger partial charge >= 0.3 is 0 Å². The number of nitrogens with zero attached hydrogens (tertiary/aromatic N) is 3. The summed E-state index contributed by atoms with van der Waals surface area (Å²) in [6.07, 6.45) is 5.60.